The first kappa shape index (κ1) is 10.7. The summed E-state index contributed by atoms with van der Waals surface area (Å²) in [5.74, 6) is 2.45. The second-order valence-corrected chi connectivity index (χ2v) is 4.76. The molecular formula is C13H17NO3. The number of aromatic hydroxyl groups is 1. The van der Waals surface area contributed by atoms with Gasteiger partial charge in [-0.2, -0.15) is 0 Å². The van der Waals surface area contributed by atoms with Crippen LogP contribution in [0.15, 0.2) is 12.1 Å². The van der Waals surface area contributed by atoms with Crippen LogP contribution in [0.2, 0.25) is 0 Å². The Bertz CT molecular complexity index is 415. The van der Waals surface area contributed by atoms with E-state index in [9.17, 15) is 5.11 Å². The topological polar surface area (TPSA) is 50.7 Å². The third-order valence-corrected chi connectivity index (χ3v) is 3.55. The van der Waals surface area contributed by atoms with Gasteiger partial charge in [-0.1, -0.05) is 6.42 Å². The SMILES string of the molecule is Oc1cc2c(cc1CNCC1CCC1)OCO2. The molecule has 4 heteroatoms. The van der Waals surface area contributed by atoms with Crippen LogP contribution in [0.5, 0.6) is 17.2 Å². The minimum absolute atomic E-state index is 0.244. The summed E-state index contributed by atoms with van der Waals surface area (Å²) in [5.41, 5.74) is 0.869. The number of rotatable bonds is 4. The van der Waals surface area contributed by atoms with Crippen LogP contribution in [0.4, 0.5) is 0 Å². The van der Waals surface area contributed by atoms with E-state index in [1.807, 2.05) is 6.07 Å². The fraction of sp³-hybridized carbons (Fsp3) is 0.538. The molecule has 0 aromatic heterocycles. The predicted molar refractivity (Wildman–Crippen MR) is 63.3 cm³/mol. The van der Waals surface area contributed by atoms with Crippen molar-refractivity contribution in [1.82, 2.24) is 5.32 Å². The zero-order chi connectivity index (χ0) is 11.7. The van der Waals surface area contributed by atoms with Gasteiger partial charge in [0.2, 0.25) is 6.79 Å². The number of phenols is 1. The molecule has 3 rings (SSSR count). The number of hydrogen-bond acceptors (Lipinski definition) is 4. The van der Waals surface area contributed by atoms with Gasteiger partial charge in [-0.05, 0) is 31.4 Å². The van der Waals surface area contributed by atoms with Crippen LogP contribution in [0.1, 0.15) is 24.8 Å². The lowest BCUT2D eigenvalue weighted by atomic mass is 9.85. The summed E-state index contributed by atoms with van der Waals surface area (Å²) in [7, 11) is 0. The molecule has 1 fully saturated rings. The molecule has 1 aliphatic carbocycles. The van der Waals surface area contributed by atoms with E-state index in [4.69, 9.17) is 9.47 Å². The second-order valence-electron chi connectivity index (χ2n) is 4.76. The van der Waals surface area contributed by atoms with Crippen molar-refractivity contribution in [2.24, 2.45) is 5.92 Å². The van der Waals surface area contributed by atoms with E-state index < -0.39 is 0 Å². The van der Waals surface area contributed by atoms with E-state index in [1.165, 1.54) is 19.3 Å². The molecular weight excluding hydrogens is 218 g/mol. The van der Waals surface area contributed by atoms with Crippen molar-refractivity contribution in [2.75, 3.05) is 13.3 Å². The molecule has 1 aromatic rings. The van der Waals surface area contributed by atoms with E-state index in [0.29, 0.717) is 12.3 Å². The molecule has 0 atom stereocenters. The summed E-state index contributed by atoms with van der Waals surface area (Å²) < 4.78 is 10.5. The maximum absolute atomic E-state index is 9.84. The van der Waals surface area contributed by atoms with Gasteiger partial charge in [0.05, 0.1) is 0 Å². The number of phenolic OH excluding ortho intramolecular Hbond substituents is 1. The Kier molecular flexibility index (Phi) is 2.81. The second kappa shape index (κ2) is 4.45. The normalized spacial score (nSPS) is 18.1. The van der Waals surface area contributed by atoms with Crippen LogP contribution in [0.25, 0.3) is 0 Å². The molecule has 1 saturated carbocycles. The van der Waals surface area contributed by atoms with E-state index in [-0.39, 0.29) is 12.5 Å². The molecule has 2 aliphatic rings. The average Bonchev–Trinajstić information content (AvgIpc) is 2.68. The Morgan fingerprint density at radius 1 is 1.24 bits per heavy atom. The predicted octanol–water partition coefficient (Wildman–Crippen LogP) is 2.01. The van der Waals surface area contributed by atoms with Crippen LogP contribution in [-0.4, -0.2) is 18.4 Å². The van der Waals surface area contributed by atoms with Gasteiger partial charge in [-0.25, -0.2) is 0 Å². The minimum Gasteiger partial charge on any atom is -0.507 e. The first-order valence-electron chi connectivity index (χ1n) is 6.15. The minimum atomic E-state index is 0.244. The van der Waals surface area contributed by atoms with Crippen molar-refractivity contribution in [3.8, 4) is 17.2 Å². The smallest absolute Gasteiger partial charge is 0.231 e. The lowest BCUT2D eigenvalue weighted by Crippen LogP contribution is -2.26. The molecule has 1 aromatic carbocycles. The third kappa shape index (κ3) is 2.17. The third-order valence-electron chi connectivity index (χ3n) is 3.55. The van der Waals surface area contributed by atoms with Crippen LogP contribution in [-0.2, 0) is 6.54 Å². The van der Waals surface area contributed by atoms with Crippen molar-refractivity contribution in [3.63, 3.8) is 0 Å². The van der Waals surface area contributed by atoms with Crippen molar-refractivity contribution in [2.45, 2.75) is 25.8 Å². The highest BCUT2D eigenvalue weighted by Gasteiger charge is 2.18. The zero-order valence-corrected chi connectivity index (χ0v) is 9.74. The standard InChI is InChI=1S/C13H17NO3/c15-11-5-13-12(16-8-17-13)4-10(11)7-14-6-9-2-1-3-9/h4-5,9,14-15H,1-3,6-8H2. The number of nitrogens with one attached hydrogen (secondary N) is 1. The van der Waals surface area contributed by atoms with Crippen LogP contribution in [0, 0.1) is 5.92 Å². The van der Waals surface area contributed by atoms with Gasteiger partial charge in [0.1, 0.15) is 5.75 Å². The Labute approximate surface area is 101 Å². The van der Waals surface area contributed by atoms with Gasteiger partial charge in [-0.15, -0.1) is 0 Å². The number of ether oxygens (including phenoxy) is 2. The molecule has 92 valence electrons. The average molecular weight is 235 g/mol. The van der Waals surface area contributed by atoms with Crippen molar-refractivity contribution < 1.29 is 14.6 Å². The molecule has 1 aliphatic heterocycles. The Morgan fingerprint density at radius 2 is 2.00 bits per heavy atom. The molecule has 0 saturated heterocycles. The molecule has 0 bridgehead atoms. The molecule has 17 heavy (non-hydrogen) atoms. The van der Waals surface area contributed by atoms with Crippen LogP contribution >= 0.6 is 0 Å². The first-order chi connectivity index (χ1) is 8.33. The van der Waals surface area contributed by atoms with Crippen molar-refractivity contribution in [1.29, 1.82) is 0 Å². The summed E-state index contributed by atoms with van der Waals surface area (Å²) in [6, 6.07) is 3.48. The molecule has 1 heterocycles. The summed E-state index contributed by atoms with van der Waals surface area (Å²) in [6.45, 7) is 1.96. The lowest BCUT2D eigenvalue weighted by molar-refractivity contribution is 0.174. The maximum Gasteiger partial charge on any atom is 0.231 e. The van der Waals surface area contributed by atoms with E-state index >= 15 is 0 Å². The Morgan fingerprint density at radius 3 is 2.71 bits per heavy atom. The van der Waals surface area contributed by atoms with E-state index in [1.54, 1.807) is 6.07 Å². The highest BCUT2D eigenvalue weighted by atomic mass is 16.7. The maximum atomic E-state index is 9.84. The summed E-state index contributed by atoms with van der Waals surface area (Å²) in [5, 5.41) is 13.2. The zero-order valence-electron chi connectivity index (χ0n) is 9.74. The molecule has 0 unspecified atom stereocenters. The van der Waals surface area contributed by atoms with Gasteiger partial charge in [0, 0.05) is 18.2 Å². The largest absolute Gasteiger partial charge is 0.507 e. The van der Waals surface area contributed by atoms with Gasteiger partial charge in [-0.3, -0.25) is 0 Å². The lowest BCUT2D eigenvalue weighted by Gasteiger charge is -2.25. The summed E-state index contributed by atoms with van der Waals surface area (Å²) in [6.07, 6.45) is 4.03. The summed E-state index contributed by atoms with van der Waals surface area (Å²) >= 11 is 0. The highest BCUT2D eigenvalue weighted by molar-refractivity contribution is 5.51. The Hall–Kier alpha value is -1.42. The first-order valence-corrected chi connectivity index (χ1v) is 6.15. The van der Waals surface area contributed by atoms with Gasteiger partial charge in [0.25, 0.3) is 0 Å². The van der Waals surface area contributed by atoms with Crippen LogP contribution < -0.4 is 14.8 Å². The fourth-order valence-electron chi connectivity index (χ4n) is 2.22. The van der Waals surface area contributed by atoms with E-state index in [0.717, 1.165) is 23.8 Å². The number of fused-ring (bicyclic) bond motifs is 1. The van der Waals surface area contributed by atoms with Gasteiger partial charge >= 0.3 is 0 Å². The van der Waals surface area contributed by atoms with Crippen molar-refractivity contribution in [3.05, 3.63) is 17.7 Å². The summed E-state index contributed by atoms with van der Waals surface area (Å²) in [4.78, 5) is 0. The Balaban J connectivity index is 1.61. The van der Waals surface area contributed by atoms with Gasteiger partial charge in [0.15, 0.2) is 11.5 Å². The van der Waals surface area contributed by atoms with E-state index in [2.05, 4.69) is 5.32 Å². The monoisotopic (exact) mass is 235 g/mol. The molecule has 4 nitrogen and oxygen atoms in total. The number of benzene rings is 1. The molecule has 0 spiro atoms. The number of hydrogen-bond donors (Lipinski definition) is 2. The molecule has 0 amide bonds. The quantitative estimate of drug-likeness (QED) is 0.838. The fourth-order valence-corrected chi connectivity index (χ4v) is 2.22. The highest BCUT2D eigenvalue weighted by Crippen LogP contribution is 2.37. The molecule has 2 N–H and O–H groups in total. The molecule has 0 radical (unpaired) electrons. The van der Waals surface area contributed by atoms with Gasteiger partial charge < -0.3 is 19.9 Å². The van der Waals surface area contributed by atoms with Crippen molar-refractivity contribution >= 4 is 0 Å². The van der Waals surface area contributed by atoms with Crippen LogP contribution in [0.3, 0.4) is 0 Å².